The minimum Gasteiger partial charge on any atom is -0.493 e. The molecular weight excluding hydrogens is 579 g/mol. The highest BCUT2D eigenvalue weighted by Crippen LogP contribution is 2.36. The molecule has 1 heterocycles. The van der Waals surface area contributed by atoms with Crippen LogP contribution in [0, 0.1) is 27.5 Å². The molecule has 0 fully saturated rings. The number of halogens is 1. The number of carbonyl (C=O) groups excluding carboxylic acids is 2. The van der Waals surface area contributed by atoms with Gasteiger partial charge < -0.3 is 14.2 Å². The number of cyclic esters (lactones) is 1. The van der Waals surface area contributed by atoms with Gasteiger partial charge in [0.1, 0.15) is 0 Å². The highest BCUT2D eigenvalue weighted by molar-refractivity contribution is 14.1. The Hall–Kier alpha value is -4.06. The molecule has 1 aliphatic rings. The van der Waals surface area contributed by atoms with E-state index < -0.39 is 16.9 Å². The number of rotatable bonds is 6. The number of aryl methyl sites for hydroxylation is 2. The van der Waals surface area contributed by atoms with Crippen LogP contribution in [-0.2, 0) is 9.53 Å². The van der Waals surface area contributed by atoms with Crippen LogP contribution < -0.4 is 9.47 Å². The molecular formula is C26H19IN2O7. The molecule has 0 unspecified atom stereocenters. The van der Waals surface area contributed by atoms with Gasteiger partial charge in [0.25, 0.3) is 5.69 Å². The summed E-state index contributed by atoms with van der Waals surface area (Å²) < 4.78 is 16.9. The van der Waals surface area contributed by atoms with Crippen LogP contribution >= 0.6 is 22.6 Å². The molecule has 0 saturated carbocycles. The van der Waals surface area contributed by atoms with Gasteiger partial charge in [0.05, 0.1) is 21.2 Å². The molecule has 4 rings (SSSR count). The second-order valence-electron chi connectivity index (χ2n) is 7.89. The molecule has 182 valence electrons. The zero-order valence-electron chi connectivity index (χ0n) is 19.4. The molecule has 3 aromatic carbocycles. The quantitative estimate of drug-likeness (QED) is 0.0933. The maximum absolute atomic E-state index is 12.6. The van der Waals surface area contributed by atoms with E-state index in [0.717, 1.165) is 5.56 Å². The van der Waals surface area contributed by atoms with E-state index in [9.17, 15) is 19.7 Å². The van der Waals surface area contributed by atoms with Crippen LogP contribution in [0.25, 0.3) is 6.08 Å². The predicted octanol–water partition coefficient (Wildman–Crippen LogP) is 5.39. The Morgan fingerprint density at radius 2 is 1.92 bits per heavy atom. The number of nitrogens with zero attached hydrogens (tertiary/aromatic N) is 2. The van der Waals surface area contributed by atoms with Gasteiger partial charge in [0.2, 0.25) is 5.90 Å². The fourth-order valence-corrected chi connectivity index (χ4v) is 4.21. The Morgan fingerprint density at radius 1 is 1.14 bits per heavy atom. The van der Waals surface area contributed by atoms with Crippen molar-refractivity contribution in [3.8, 4) is 11.5 Å². The SMILES string of the molecule is COc1cc(/C=C2\N=C(c3ccc(C)c([N+](=O)[O-])c3)OC2=O)cc(I)c1OC(=O)c1cccc(C)c1. The molecule has 3 aromatic rings. The average molecular weight is 598 g/mol. The molecule has 0 radical (unpaired) electrons. The van der Waals surface area contributed by atoms with Crippen LogP contribution in [0.5, 0.6) is 11.5 Å². The fraction of sp³-hybridized carbons (Fsp3) is 0.115. The first-order valence-electron chi connectivity index (χ1n) is 10.6. The smallest absolute Gasteiger partial charge is 0.363 e. The molecule has 0 saturated heterocycles. The molecule has 0 amide bonds. The van der Waals surface area contributed by atoms with Crippen molar-refractivity contribution in [2.45, 2.75) is 13.8 Å². The van der Waals surface area contributed by atoms with Gasteiger partial charge in [0, 0.05) is 17.2 Å². The third-order valence-corrected chi connectivity index (χ3v) is 6.08. The number of nitro benzene ring substituents is 1. The van der Waals surface area contributed by atoms with E-state index in [-0.39, 0.29) is 23.0 Å². The number of ether oxygens (including phenoxy) is 3. The summed E-state index contributed by atoms with van der Waals surface area (Å²) in [5, 5.41) is 11.2. The average Bonchev–Trinajstić information content (AvgIpc) is 3.20. The number of methoxy groups -OCH3 is 1. The van der Waals surface area contributed by atoms with Crippen LogP contribution in [0.15, 0.2) is 65.3 Å². The van der Waals surface area contributed by atoms with Crippen LogP contribution in [0.1, 0.15) is 32.6 Å². The molecule has 36 heavy (non-hydrogen) atoms. The third kappa shape index (κ3) is 5.28. The third-order valence-electron chi connectivity index (χ3n) is 5.28. The van der Waals surface area contributed by atoms with Gasteiger partial charge in [-0.25, -0.2) is 14.6 Å². The van der Waals surface area contributed by atoms with Gasteiger partial charge >= 0.3 is 11.9 Å². The maximum atomic E-state index is 12.6. The van der Waals surface area contributed by atoms with Gasteiger partial charge in [0.15, 0.2) is 17.2 Å². The second-order valence-corrected chi connectivity index (χ2v) is 9.05. The molecule has 0 spiro atoms. The van der Waals surface area contributed by atoms with Crippen molar-refractivity contribution < 1.29 is 28.7 Å². The standard InChI is InChI=1S/C26H19IN2O7/c1-14-5-4-6-18(9-14)25(30)35-23-19(27)10-16(12-22(23)34-3)11-20-26(31)36-24(28-20)17-8-7-15(2)21(13-17)29(32)33/h4-13H,1-3H3/b20-11-. The van der Waals surface area contributed by atoms with Crippen molar-refractivity contribution in [3.63, 3.8) is 0 Å². The van der Waals surface area contributed by atoms with E-state index in [2.05, 4.69) is 4.99 Å². The summed E-state index contributed by atoms with van der Waals surface area (Å²) in [5.41, 5.74) is 2.60. The van der Waals surface area contributed by atoms with Crippen molar-refractivity contribution in [2.24, 2.45) is 4.99 Å². The van der Waals surface area contributed by atoms with Gasteiger partial charge in [-0.15, -0.1) is 0 Å². The molecule has 0 N–H and O–H groups in total. The molecule has 0 aliphatic carbocycles. The van der Waals surface area contributed by atoms with Crippen molar-refractivity contribution in [2.75, 3.05) is 7.11 Å². The molecule has 0 aromatic heterocycles. The Morgan fingerprint density at radius 3 is 2.61 bits per heavy atom. The first-order chi connectivity index (χ1) is 17.2. The highest BCUT2D eigenvalue weighted by atomic mass is 127. The van der Waals surface area contributed by atoms with Crippen molar-refractivity contribution >= 4 is 52.2 Å². The lowest BCUT2D eigenvalue weighted by molar-refractivity contribution is -0.385. The van der Waals surface area contributed by atoms with Crippen molar-refractivity contribution in [1.82, 2.24) is 0 Å². The second kappa shape index (κ2) is 10.3. The van der Waals surface area contributed by atoms with Gasteiger partial charge in [-0.05, 0) is 78.4 Å². The Balaban J connectivity index is 1.64. The van der Waals surface area contributed by atoms with Crippen LogP contribution in [0.2, 0.25) is 0 Å². The molecule has 9 nitrogen and oxygen atoms in total. The minimum absolute atomic E-state index is 0.00980. The van der Waals surface area contributed by atoms with E-state index in [1.165, 1.54) is 19.3 Å². The monoisotopic (exact) mass is 598 g/mol. The largest absolute Gasteiger partial charge is 0.493 e. The predicted molar refractivity (Wildman–Crippen MR) is 140 cm³/mol. The molecule has 0 atom stereocenters. The minimum atomic E-state index is -0.697. The first kappa shape index (κ1) is 25.0. The van der Waals surface area contributed by atoms with E-state index in [4.69, 9.17) is 14.2 Å². The molecule has 1 aliphatic heterocycles. The number of aliphatic imine (C=N–C) groups is 1. The van der Waals surface area contributed by atoms with Gasteiger partial charge in [-0.2, -0.15) is 0 Å². The lowest BCUT2D eigenvalue weighted by Gasteiger charge is -2.12. The summed E-state index contributed by atoms with van der Waals surface area (Å²) in [6, 6.07) is 14.8. The zero-order valence-corrected chi connectivity index (χ0v) is 21.6. The molecule has 0 bridgehead atoms. The summed E-state index contributed by atoms with van der Waals surface area (Å²) in [6.07, 6.45) is 1.49. The number of benzene rings is 3. The number of carbonyl (C=O) groups is 2. The highest BCUT2D eigenvalue weighted by Gasteiger charge is 2.26. The van der Waals surface area contributed by atoms with Crippen LogP contribution in [0.3, 0.4) is 0 Å². The Labute approximate surface area is 219 Å². The number of hydrogen-bond acceptors (Lipinski definition) is 8. The number of esters is 2. The Bertz CT molecular complexity index is 1480. The fourth-order valence-electron chi connectivity index (χ4n) is 3.48. The molecule has 10 heteroatoms. The summed E-state index contributed by atoms with van der Waals surface area (Å²) >= 11 is 2.01. The lowest BCUT2D eigenvalue weighted by atomic mass is 10.1. The van der Waals surface area contributed by atoms with Crippen molar-refractivity contribution in [1.29, 1.82) is 0 Å². The van der Waals surface area contributed by atoms with E-state index in [1.807, 2.05) is 35.6 Å². The van der Waals surface area contributed by atoms with Crippen LogP contribution in [0.4, 0.5) is 5.69 Å². The summed E-state index contributed by atoms with van der Waals surface area (Å²) in [4.78, 5) is 40.0. The zero-order chi connectivity index (χ0) is 26.0. The van der Waals surface area contributed by atoms with Gasteiger partial charge in [-0.1, -0.05) is 23.8 Å². The summed E-state index contributed by atoms with van der Waals surface area (Å²) in [5.74, 6) is -0.713. The van der Waals surface area contributed by atoms with E-state index in [1.54, 1.807) is 49.4 Å². The topological polar surface area (TPSA) is 117 Å². The number of nitro groups is 1. The van der Waals surface area contributed by atoms with Crippen molar-refractivity contribution in [3.05, 3.63) is 102 Å². The first-order valence-corrected chi connectivity index (χ1v) is 11.7. The van der Waals surface area contributed by atoms with E-state index >= 15 is 0 Å². The van der Waals surface area contributed by atoms with E-state index in [0.29, 0.717) is 31.6 Å². The van der Waals surface area contributed by atoms with Gasteiger partial charge in [-0.3, -0.25) is 10.1 Å². The summed E-state index contributed by atoms with van der Waals surface area (Å²) in [7, 11) is 1.44. The lowest BCUT2D eigenvalue weighted by Crippen LogP contribution is -2.10. The Kier molecular flexibility index (Phi) is 7.15. The maximum Gasteiger partial charge on any atom is 0.363 e. The number of hydrogen-bond donors (Lipinski definition) is 0. The summed E-state index contributed by atoms with van der Waals surface area (Å²) in [6.45, 7) is 3.50. The normalized spacial score (nSPS) is 13.8. The van der Waals surface area contributed by atoms with Crippen LogP contribution in [-0.4, -0.2) is 29.9 Å².